The van der Waals surface area contributed by atoms with E-state index in [1.807, 2.05) is 55.5 Å². The molecule has 0 aliphatic carbocycles. The van der Waals surface area contributed by atoms with Crippen LogP contribution in [0.3, 0.4) is 0 Å². The van der Waals surface area contributed by atoms with Crippen LogP contribution in [0.15, 0.2) is 48.5 Å². The van der Waals surface area contributed by atoms with Gasteiger partial charge in [0.25, 0.3) is 0 Å². The van der Waals surface area contributed by atoms with Crippen LogP contribution < -0.4 is 14.4 Å². The predicted molar refractivity (Wildman–Crippen MR) is 80.7 cm³/mol. The first-order chi connectivity index (χ1) is 10.3. The Kier molecular flexibility index (Phi) is 3.77. The molecule has 21 heavy (non-hydrogen) atoms. The molecule has 1 amide bonds. The van der Waals surface area contributed by atoms with Gasteiger partial charge in [-0.05, 0) is 25.1 Å². The van der Waals surface area contributed by atoms with Crippen LogP contribution in [0.1, 0.15) is 12.5 Å². The zero-order valence-electron chi connectivity index (χ0n) is 11.9. The van der Waals surface area contributed by atoms with Crippen molar-refractivity contribution >= 4 is 11.6 Å². The Bertz CT molecular complexity index is 640. The van der Waals surface area contributed by atoms with Gasteiger partial charge in [-0.2, -0.15) is 0 Å². The van der Waals surface area contributed by atoms with Gasteiger partial charge in [-0.25, -0.2) is 0 Å². The number of benzene rings is 2. The lowest BCUT2D eigenvalue weighted by Gasteiger charge is -2.21. The van der Waals surface area contributed by atoms with Crippen molar-refractivity contribution in [2.75, 3.05) is 18.2 Å². The van der Waals surface area contributed by atoms with E-state index in [0.29, 0.717) is 24.5 Å². The SMILES string of the molecule is CCN(C(=O)Cc1cccc2c1OCO2)c1ccccc1. The molecule has 4 nitrogen and oxygen atoms in total. The second kappa shape index (κ2) is 5.87. The predicted octanol–water partition coefficient (Wildman–Crippen LogP) is 3.01. The van der Waals surface area contributed by atoms with E-state index in [9.17, 15) is 4.79 Å². The van der Waals surface area contributed by atoms with Crippen molar-refractivity contribution in [1.29, 1.82) is 0 Å². The number of para-hydroxylation sites is 2. The second-order valence-corrected chi connectivity index (χ2v) is 4.80. The molecule has 0 N–H and O–H groups in total. The third-order valence-electron chi connectivity index (χ3n) is 3.50. The van der Waals surface area contributed by atoms with E-state index in [4.69, 9.17) is 9.47 Å². The van der Waals surface area contributed by atoms with Gasteiger partial charge in [-0.1, -0.05) is 30.3 Å². The van der Waals surface area contributed by atoms with Gasteiger partial charge >= 0.3 is 0 Å². The maximum absolute atomic E-state index is 12.6. The van der Waals surface area contributed by atoms with Gasteiger partial charge < -0.3 is 14.4 Å². The maximum Gasteiger partial charge on any atom is 0.231 e. The number of amides is 1. The molecule has 0 unspecified atom stereocenters. The molecule has 0 saturated heterocycles. The van der Waals surface area contributed by atoms with Gasteiger partial charge in [-0.15, -0.1) is 0 Å². The van der Waals surface area contributed by atoms with Crippen LogP contribution in [0.25, 0.3) is 0 Å². The number of hydrogen-bond acceptors (Lipinski definition) is 3. The average molecular weight is 283 g/mol. The lowest BCUT2D eigenvalue weighted by atomic mass is 10.1. The van der Waals surface area contributed by atoms with E-state index in [1.54, 1.807) is 4.90 Å². The fourth-order valence-corrected chi connectivity index (χ4v) is 2.50. The third-order valence-corrected chi connectivity index (χ3v) is 3.50. The molecule has 3 rings (SSSR count). The van der Waals surface area contributed by atoms with Crippen molar-refractivity contribution in [2.24, 2.45) is 0 Å². The molecule has 2 aromatic rings. The Morgan fingerprint density at radius 2 is 1.90 bits per heavy atom. The van der Waals surface area contributed by atoms with Crippen LogP contribution in [0, 0.1) is 0 Å². The quantitative estimate of drug-likeness (QED) is 0.865. The fourth-order valence-electron chi connectivity index (χ4n) is 2.50. The number of anilines is 1. The minimum atomic E-state index is 0.0487. The smallest absolute Gasteiger partial charge is 0.231 e. The molecule has 0 bridgehead atoms. The number of carbonyl (C=O) groups is 1. The van der Waals surface area contributed by atoms with Gasteiger partial charge in [0, 0.05) is 17.8 Å². The van der Waals surface area contributed by atoms with E-state index in [2.05, 4.69) is 0 Å². The standard InChI is InChI=1S/C17H17NO3/c1-2-18(14-8-4-3-5-9-14)16(19)11-13-7-6-10-15-17(13)21-12-20-15/h3-10H,2,11-12H2,1H3. The summed E-state index contributed by atoms with van der Waals surface area (Å²) in [5, 5.41) is 0. The third kappa shape index (κ3) is 2.70. The molecule has 0 saturated carbocycles. The lowest BCUT2D eigenvalue weighted by molar-refractivity contribution is -0.118. The summed E-state index contributed by atoms with van der Waals surface area (Å²) in [6, 6.07) is 15.3. The van der Waals surface area contributed by atoms with Crippen molar-refractivity contribution in [3.05, 3.63) is 54.1 Å². The fraction of sp³-hybridized carbons (Fsp3) is 0.235. The van der Waals surface area contributed by atoms with E-state index in [-0.39, 0.29) is 12.7 Å². The number of hydrogen-bond donors (Lipinski definition) is 0. The lowest BCUT2D eigenvalue weighted by Crippen LogP contribution is -2.32. The number of nitrogens with zero attached hydrogens (tertiary/aromatic N) is 1. The summed E-state index contributed by atoms with van der Waals surface area (Å²) >= 11 is 0. The maximum atomic E-state index is 12.6. The Morgan fingerprint density at radius 3 is 2.67 bits per heavy atom. The normalized spacial score (nSPS) is 12.2. The molecule has 1 aliphatic rings. The van der Waals surface area contributed by atoms with E-state index >= 15 is 0 Å². The number of likely N-dealkylation sites (N-methyl/N-ethyl adjacent to an activating group) is 1. The first kappa shape index (κ1) is 13.5. The number of carbonyl (C=O) groups excluding carboxylic acids is 1. The van der Waals surface area contributed by atoms with Crippen LogP contribution in [-0.2, 0) is 11.2 Å². The van der Waals surface area contributed by atoms with Gasteiger partial charge in [0.05, 0.1) is 6.42 Å². The summed E-state index contributed by atoms with van der Waals surface area (Å²) < 4.78 is 10.8. The summed E-state index contributed by atoms with van der Waals surface area (Å²) in [5.74, 6) is 1.45. The van der Waals surface area contributed by atoms with Crippen molar-refractivity contribution in [2.45, 2.75) is 13.3 Å². The Hall–Kier alpha value is -2.49. The van der Waals surface area contributed by atoms with Crippen molar-refractivity contribution in [1.82, 2.24) is 0 Å². The Morgan fingerprint density at radius 1 is 1.10 bits per heavy atom. The molecular formula is C17H17NO3. The highest BCUT2D eigenvalue weighted by atomic mass is 16.7. The number of fused-ring (bicyclic) bond motifs is 1. The molecule has 1 aliphatic heterocycles. The zero-order valence-corrected chi connectivity index (χ0v) is 11.9. The Balaban J connectivity index is 1.81. The summed E-state index contributed by atoms with van der Waals surface area (Å²) in [6.07, 6.45) is 0.301. The summed E-state index contributed by atoms with van der Waals surface area (Å²) in [6.45, 7) is 2.83. The average Bonchev–Trinajstić information content (AvgIpc) is 2.99. The van der Waals surface area contributed by atoms with Crippen LogP contribution in [0.2, 0.25) is 0 Å². The first-order valence-electron chi connectivity index (χ1n) is 7.02. The van der Waals surface area contributed by atoms with Crippen LogP contribution in [-0.4, -0.2) is 19.2 Å². The topological polar surface area (TPSA) is 38.8 Å². The molecule has 0 spiro atoms. The van der Waals surface area contributed by atoms with Crippen LogP contribution >= 0.6 is 0 Å². The molecular weight excluding hydrogens is 266 g/mol. The number of rotatable bonds is 4. The molecule has 4 heteroatoms. The second-order valence-electron chi connectivity index (χ2n) is 4.80. The molecule has 1 heterocycles. The number of ether oxygens (including phenoxy) is 2. The van der Waals surface area contributed by atoms with Gasteiger partial charge in [0.1, 0.15) is 0 Å². The zero-order chi connectivity index (χ0) is 14.7. The molecule has 108 valence electrons. The monoisotopic (exact) mass is 283 g/mol. The van der Waals surface area contributed by atoms with E-state index < -0.39 is 0 Å². The summed E-state index contributed by atoms with van der Waals surface area (Å²) in [5.41, 5.74) is 1.78. The van der Waals surface area contributed by atoms with E-state index in [1.165, 1.54) is 0 Å². The highest BCUT2D eigenvalue weighted by Crippen LogP contribution is 2.35. The molecule has 2 aromatic carbocycles. The van der Waals surface area contributed by atoms with Crippen LogP contribution in [0.4, 0.5) is 5.69 Å². The van der Waals surface area contributed by atoms with Gasteiger partial charge in [0.2, 0.25) is 12.7 Å². The van der Waals surface area contributed by atoms with Crippen molar-refractivity contribution in [3.8, 4) is 11.5 Å². The Labute approximate surface area is 123 Å². The van der Waals surface area contributed by atoms with Gasteiger partial charge in [-0.3, -0.25) is 4.79 Å². The van der Waals surface area contributed by atoms with Crippen molar-refractivity contribution in [3.63, 3.8) is 0 Å². The summed E-state index contributed by atoms with van der Waals surface area (Å²) in [7, 11) is 0. The van der Waals surface area contributed by atoms with Gasteiger partial charge in [0.15, 0.2) is 11.5 Å². The molecule has 0 fully saturated rings. The molecule has 0 aromatic heterocycles. The highest BCUT2D eigenvalue weighted by Gasteiger charge is 2.21. The molecule has 0 radical (unpaired) electrons. The first-order valence-corrected chi connectivity index (χ1v) is 7.02. The molecule has 0 atom stereocenters. The minimum absolute atomic E-state index is 0.0487. The highest BCUT2D eigenvalue weighted by molar-refractivity contribution is 5.95. The van der Waals surface area contributed by atoms with Crippen molar-refractivity contribution < 1.29 is 14.3 Å². The van der Waals surface area contributed by atoms with Crippen LogP contribution in [0.5, 0.6) is 11.5 Å². The largest absolute Gasteiger partial charge is 0.454 e. The van der Waals surface area contributed by atoms with E-state index in [0.717, 1.165) is 11.3 Å². The minimum Gasteiger partial charge on any atom is -0.454 e. The summed E-state index contributed by atoms with van der Waals surface area (Å²) in [4.78, 5) is 14.3.